The fourth-order valence-electron chi connectivity index (χ4n) is 3.09. The first-order valence-electron chi connectivity index (χ1n) is 8.72. The number of methoxy groups -OCH3 is 2. The van der Waals surface area contributed by atoms with Gasteiger partial charge in [-0.2, -0.15) is 0 Å². The predicted molar refractivity (Wildman–Crippen MR) is 107 cm³/mol. The lowest BCUT2D eigenvalue weighted by Gasteiger charge is -2.39. The van der Waals surface area contributed by atoms with Crippen LogP contribution in [-0.2, 0) is 11.2 Å². The summed E-state index contributed by atoms with van der Waals surface area (Å²) in [5.74, 6) is 1.40. The van der Waals surface area contributed by atoms with Gasteiger partial charge in [-0.1, -0.05) is 13.0 Å². The molecule has 1 aliphatic heterocycles. The van der Waals surface area contributed by atoms with E-state index in [9.17, 15) is 4.79 Å². The third-order valence-corrected chi connectivity index (χ3v) is 4.85. The second kappa shape index (κ2) is 9.43. The van der Waals surface area contributed by atoms with Crippen molar-refractivity contribution in [2.45, 2.75) is 25.8 Å². The van der Waals surface area contributed by atoms with Crippen molar-refractivity contribution in [2.24, 2.45) is 0 Å². The summed E-state index contributed by atoms with van der Waals surface area (Å²) >= 11 is 5.56. The molecule has 0 saturated carbocycles. The highest BCUT2D eigenvalue weighted by atomic mass is 32.1. The van der Waals surface area contributed by atoms with Gasteiger partial charge >= 0.3 is 0 Å². The Balaban J connectivity index is 2.37. The molecule has 2 N–H and O–H groups in total. The van der Waals surface area contributed by atoms with Crippen LogP contribution in [0.2, 0.25) is 0 Å². The Kier molecular flexibility index (Phi) is 7.26. The Labute approximate surface area is 160 Å². The van der Waals surface area contributed by atoms with Gasteiger partial charge in [-0.3, -0.25) is 4.79 Å². The van der Waals surface area contributed by atoms with Crippen molar-refractivity contribution < 1.29 is 14.3 Å². The number of carbonyl (C=O) groups excluding carboxylic acids is 1. The third-order valence-electron chi connectivity index (χ3n) is 4.47. The molecular weight excluding hydrogens is 350 g/mol. The van der Waals surface area contributed by atoms with Crippen molar-refractivity contribution in [1.29, 1.82) is 0 Å². The molecule has 0 saturated heterocycles. The van der Waals surface area contributed by atoms with Crippen LogP contribution in [0.3, 0.4) is 0 Å². The second-order valence-corrected chi connectivity index (χ2v) is 6.38. The Morgan fingerprint density at radius 1 is 1.35 bits per heavy atom. The summed E-state index contributed by atoms with van der Waals surface area (Å²) in [7, 11) is 3.25. The van der Waals surface area contributed by atoms with Crippen molar-refractivity contribution in [3.05, 3.63) is 35.9 Å². The lowest BCUT2D eigenvalue weighted by molar-refractivity contribution is -0.121. The number of hydrogen-bond donors (Lipinski definition) is 2. The quantitative estimate of drug-likeness (QED) is 0.561. The van der Waals surface area contributed by atoms with Crippen molar-refractivity contribution in [3.8, 4) is 11.5 Å². The van der Waals surface area contributed by atoms with E-state index in [0.717, 1.165) is 18.5 Å². The third kappa shape index (κ3) is 4.46. The Hall–Kier alpha value is -2.28. The molecule has 1 unspecified atom stereocenters. The van der Waals surface area contributed by atoms with Crippen LogP contribution in [0.5, 0.6) is 11.5 Å². The molecule has 1 aliphatic rings. The molecule has 0 aromatic heterocycles. The smallest absolute Gasteiger partial charge is 0.219 e. The molecule has 0 aliphatic carbocycles. The Bertz CT molecular complexity index is 678. The minimum Gasteiger partial charge on any atom is -0.493 e. The lowest BCUT2D eigenvalue weighted by atomic mass is 9.92. The van der Waals surface area contributed by atoms with E-state index < -0.39 is 0 Å². The molecule has 0 spiro atoms. The standard InChI is InChI=1S/C19H27N3O3S/c1-5-8-20-19(26)22-9-7-13-10-16(24-3)17(25-4)11-14(13)15(22)12-21-18(23)6-2/h5,10-11,15H,1,6-9,12H2,2-4H3,(H,20,26)(H,21,23). The molecule has 142 valence electrons. The Morgan fingerprint density at radius 2 is 2.04 bits per heavy atom. The summed E-state index contributed by atoms with van der Waals surface area (Å²) < 4.78 is 10.9. The normalized spacial score (nSPS) is 15.7. The maximum atomic E-state index is 11.8. The fourth-order valence-corrected chi connectivity index (χ4v) is 3.39. The maximum absolute atomic E-state index is 11.8. The topological polar surface area (TPSA) is 62.8 Å². The van der Waals surface area contributed by atoms with E-state index in [0.29, 0.717) is 36.1 Å². The minimum absolute atomic E-state index is 0.0162. The summed E-state index contributed by atoms with van der Waals surface area (Å²) in [6.07, 6.45) is 3.06. The van der Waals surface area contributed by atoms with Crippen molar-refractivity contribution in [1.82, 2.24) is 15.5 Å². The number of fused-ring (bicyclic) bond motifs is 1. The molecule has 1 aromatic carbocycles. The summed E-state index contributed by atoms with van der Waals surface area (Å²) in [6.45, 7) is 7.40. The minimum atomic E-state index is -0.0705. The molecule has 0 radical (unpaired) electrons. The molecule has 1 aromatic rings. The van der Waals surface area contributed by atoms with Gasteiger partial charge in [0.2, 0.25) is 5.91 Å². The van der Waals surface area contributed by atoms with Gasteiger partial charge in [0.1, 0.15) is 0 Å². The second-order valence-electron chi connectivity index (χ2n) is 6.00. The zero-order valence-corrected chi connectivity index (χ0v) is 16.4. The summed E-state index contributed by atoms with van der Waals surface area (Å²) in [6, 6.07) is 3.93. The van der Waals surface area contributed by atoms with Gasteiger partial charge in [0.05, 0.1) is 20.3 Å². The van der Waals surface area contributed by atoms with E-state index in [1.165, 1.54) is 5.56 Å². The van der Waals surface area contributed by atoms with Crippen LogP contribution in [0.4, 0.5) is 0 Å². The van der Waals surface area contributed by atoms with Gasteiger partial charge in [0.25, 0.3) is 0 Å². The number of nitrogens with zero attached hydrogens (tertiary/aromatic N) is 1. The SMILES string of the molecule is C=CCNC(=S)N1CCc2cc(OC)c(OC)cc2C1CNC(=O)CC. The number of nitrogens with one attached hydrogen (secondary N) is 2. The van der Waals surface area contributed by atoms with Crippen LogP contribution in [0.15, 0.2) is 24.8 Å². The largest absolute Gasteiger partial charge is 0.493 e. The van der Waals surface area contributed by atoms with Gasteiger partial charge in [-0.25, -0.2) is 0 Å². The molecule has 2 rings (SSSR count). The maximum Gasteiger partial charge on any atom is 0.219 e. The van der Waals surface area contributed by atoms with Gasteiger partial charge < -0.3 is 25.0 Å². The van der Waals surface area contributed by atoms with Crippen LogP contribution in [0.1, 0.15) is 30.5 Å². The molecule has 26 heavy (non-hydrogen) atoms. The van der Waals surface area contributed by atoms with E-state index in [4.69, 9.17) is 21.7 Å². The molecule has 0 bridgehead atoms. The fraction of sp³-hybridized carbons (Fsp3) is 0.474. The van der Waals surface area contributed by atoms with Crippen LogP contribution in [0.25, 0.3) is 0 Å². The van der Waals surface area contributed by atoms with E-state index in [1.807, 2.05) is 19.1 Å². The molecule has 1 amide bonds. The summed E-state index contributed by atoms with van der Waals surface area (Å²) in [5.41, 5.74) is 2.27. The van der Waals surface area contributed by atoms with Gasteiger partial charge in [-0.05, 0) is 41.9 Å². The van der Waals surface area contributed by atoms with E-state index >= 15 is 0 Å². The monoisotopic (exact) mass is 377 g/mol. The number of carbonyl (C=O) groups is 1. The number of rotatable bonds is 7. The highest BCUT2D eigenvalue weighted by Crippen LogP contribution is 2.38. The lowest BCUT2D eigenvalue weighted by Crippen LogP contribution is -2.49. The summed E-state index contributed by atoms with van der Waals surface area (Å²) in [4.78, 5) is 13.9. The number of hydrogen-bond acceptors (Lipinski definition) is 4. The average molecular weight is 378 g/mol. The number of ether oxygens (including phenoxy) is 2. The molecule has 6 nitrogen and oxygen atoms in total. The van der Waals surface area contributed by atoms with Crippen LogP contribution < -0.4 is 20.1 Å². The first kappa shape index (κ1) is 20.0. The molecule has 0 fully saturated rings. The first-order valence-corrected chi connectivity index (χ1v) is 9.13. The van der Waals surface area contributed by atoms with Crippen LogP contribution in [0, 0.1) is 0 Å². The number of thiocarbonyl (C=S) groups is 1. The van der Waals surface area contributed by atoms with Crippen LogP contribution >= 0.6 is 12.2 Å². The van der Waals surface area contributed by atoms with Crippen molar-refractivity contribution in [3.63, 3.8) is 0 Å². The predicted octanol–water partition coefficient (Wildman–Crippen LogP) is 2.19. The number of benzene rings is 1. The highest BCUT2D eigenvalue weighted by molar-refractivity contribution is 7.80. The van der Waals surface area contributed by atoms with Crippen LogP contribution in [-0.4, -0.2) is 49.8 Å². The van der Waals surface area contributed by atoms with E-state index in [1.54, 1.807) is 20.3 Å². The van der Waals surface area contributed by atoms with Gasteiger partial charge in [0, 0.05) is 26.1 Å². The van der Waals surface area contributed by atoms with E-state index in [2.05, 4.69) is 22.1 Å². The summed E-state index contributed by atoms with van der Waals surface area (Å²) in [5, 5.41) is 6.83. The zero-order valence-electron chi connectivity index (χ0n) is 15.6. The molecule has 7 heteroatoms. The van der Waals surface area contributed by atoms with Crippen molar-refractivity contribution in [2.75, 3.05) is 33.9 Å². The zero-order chi connectivity index (χ0) is 19.1. The van der Waals surface area contributed by atoms with Crippen molar-refractivity contribution >= 4 is 23.2 Å². The van der Waals surface area contributed by atoms with Gasteiger partial charge in [-0.15, -0.1) is 6.58 Å². The molecule has 1 atom stereocenters. The highest BCUT2D eigenvalue weighted by Gasteiger charge is 2.30. The molecular formula is C19H27N3O3S. The molecule has 1 heterocycles. The first-order chi connectivity index (χ1) is 12.5. The average Bonchev–Trinajstić information content (AvgIpc) is 2.68. The van der Waals surface area contributed by atoms with E-state index in [-0.39, 0.29) is 11.9 Å². The Morgan fingerprint density at radius 3 is 2.65 bits per heavy atom. The number of amides is 1. The van der Waals surface area contributed by atoms with Gasteiger partial charge in [0.15, 0.2) is 16.6 Å².